The number of thiazole rings is 1. The minimum absolute atomic E-state index is 0.181. The normalized spacial score (nSPS) is 20.3. The highest BCUT2D eigenvalue weighted by molar-refractivity contribution is 7.21. The van der Waals surface area contributed by atoms with Crippen molar-refractivity contribution in [2.24, 2.45) is 0 Å². The number of piperidine rings is 1. The Kier molecular flexibility index (Phi) is 6.90. The van der Waals surface area contributed by atoms with Gasteiger partial charge in [-0.3, -0.25) is 10.00 Å². The molecule has 2 fully saturated rings. The van der Waals surface area contributed by atoms with Crippen LogP contribution < -0.4 is 5.32 Å². The van der Waals surface area contributed by atoms with E-state index >= 15 is 0 Å². The van der Waals surface area contributed by atoms with Crippen LogP contribution >= 0.6 is 11.3 Å². The van der Waals surface area contributed by atoms with Gasteiger partial charge in [0.15, 0.2) is 0 Å². The van der Waals surface area contributed by atoms with Crippen molar-refractivity contribution in [3.05, 3.63) is 48.9 Å². The summed E-state index contributed by atoms with van der Waals surface area (Å²) in [7, 11) is 0. The summed E-state index contributed by atoms with van der Waals surface area (Å²) in [6, 6.07) is 10.5. The molecule has 2 bridgehead atoms. The molecule has 0 spiro atoms. The van der Waals surface area contributed by atoms with Gasteiger partial charge in [0.1, 0.15) is 10.8 Å². The molecule has 0 saturated carbocycles. The van der Waals surface area contributed by atoms with Crippen molar-refractivity contribution in [1.82, 2.24) is 24.6 Å². The van der Waals surface area contributed by atoms with Gasteiger partial charge in [-0.25, -0.2) is 19.6 Å². The lowest BCUT2D eigenvalue weighted by Gasteiger charge is -2.38. The molecular weight excluding hydrogens is 516 g/mol. The molecule has 3 aromatic heterocycles. The number of anilines is 1. The third-order valence-electron chi connectivity index (χ3n) is 7.40. The Morgan fingerprint density at radius 3 is 2.54 bits per heavy atom. The van der Waals surface area contributed by atoms with Crippen molar-refractivity contribution in [2.75, 3.05) is 18.5 Å². The summed E-state index contributed by atoms with van der Waals surface area (Å²) in [5.74, 6) is 0.395. The fraction of sp³-hybridized carbons (Fsp3) is 0.393. The van der Waals surface area contributed by atoms with Crippen LogP contribution in [0.1, 0.15) is 45.6 Å². The minimum atomic E-state index is -0.559. The van der Waals surface area contributed by atoms with E-state index < -0.39 is 6.09 Å². The zero-order valence-electron chi connectivity index (χ0n) is 21.9. The second-order valence-electron chi connectivity index (χ2n) is 9.78. The molecule has 5 heterocycles. The first kappa shape index (κ1) is 25.3. The monoisotopic (exact) mass is 546 g/mol. The molecule has 0 radical (unpaired) electrons. The molecule has 6 rings (SSSR count). The maximum absolute atomic E-state index is 12.5. The number of hydrogen-bond donors (Lipinski definition) is 1. The number of para-hydroxylation sites is 1. The molecule has 2 aliphatic rings. The highest BCUT2D eigenvalue weighted by Crippen LogP contribution is 2.42. The third kappa shape index (κ3) is 4.94. The summed E-state index contributed by atoms with van der Waals surface area (Å²) in [6.07, 6.45) is 8.57. The first-order valence-corrected chi connectivity index (χ1v) is 14.1. The van der Waals surface area contributed by atoms with E-state index in [1.165, 1.54) is 0 Å². The number of hydrogen-bond acceptors (Lipinski definition) is 8. The third-order valence-corrected chi connectivity index (χ3v) is 8.47. The number of rotatable bonds is 6. The predicted octanol–water partition coefficient (Wildman–Crippen LogP) is 6.11. The quantitative estimate of drug-likeness (QED) is 0.310. The largest absolute Gasteiger partial charge is 0.450 e. The first-order chi connectivity index (χ1) is 19.0. The Balaban J connectivity index is 1.28. The summed E-state index contributed by atoms with van der Waals surface area (Å²) in [5.41, 5.74) is 3.40. The van der Waals surface area contributed by atoms with Crippen molar-refractivity contribution in [3.8, 4) is 21.7 Å². The number of pyridine rings is 1. The zero-order chi connectivity index (χ0) is 26.9. The molecule has 39 heavy (non-hydrogen) atoms. The van der Waals surface area contributed by atoms with Crippen LogP contribution in [0.25, 0.3) is 31.9 Å². The molecule has 2 saturated heterocycles. The maximum atomic E-state index is 12.5. The van der Waals surface area contributed by atoms with Crippen LogP contribution in [-0.2, 0) is 9.47 Å². The van der Waals surface area contributed by atoms with Gasteiger partial charge >= 0.3 is 12.2 Å². The number of nitrogens with zero attached hydrogens (tertiary/aromatic N) is 5. The van der Waals surface area contributed by atoms with E-state index in [-0.39, 0.29) is 30.8 Å². The molecule has 1 aromatic carbocycles. The number of fused-ring (bicyclic) bond motifs is 3. The molecular formula is C28H30N6O4S. The van der Waals surface area contributed by atoms with Crippen molar-refractivity contribution < 1.29 is 19.1 Å². The van der Waals surface area contributed by atoms with Crippen molar-refractivity contribution in [2.45, 2.75) is 57.7 Å². The lowest BCUT2D eigenvalue weighted by atomic mass is 9.98. The van der Waals surface area contributed by atoms with Crippen LogP contribution in [0.5, 0.6) is 0 Å². The van der Waals surface area contributed by atoms with Gasteiger partial charge in [-0.15, -0.1) is 11.3 Å². The van der Waals surface area contributed by atoms with E-state index in [2.05, 4.69) is 10.3 Å². The van der Waals surface area contributed by atoms with Crippen molar-refractivity contribution in [1.29, 1.82) is 0 Å². The lowest BCUT2D eigenvalue weighted by Crippen LogP contribution is -2.47. The van der Waals surface area contributed by atoms with Gasteiger partial charge in [0.05, 0.1) is 41.2 Å². The number of amides is 2. The van der Waals surface area contributed by atoms with Gasteiger partial charge in [-0.05, 0) is 57.7 Å². The molecule has 11 heteroatoms. The van der Waals surface area contributed by atoms with E-state index in [1.807, 2.05) is 59.2 Å². The molecule has 0 aliphatic carbocycles. The molecule has 1 N–H and O–H groups in total. The maximum Gasteiger partial charge on any atom is 0.412 e. The molecule has 2 amide bonds. The number of carbonyl (C=O) groups is 2. The van der Waals surface area contributed by atoms with Gasteiger partial charge in [-0.1, -0.05) is 12.1 Å². The number of carbonyl (C=O) groups excluding carboxylic acids is 2. The Labute approximate surface area is 230 Å². The number of nitrogens with one attached hydrogen (secondary N) is 1. The van der Waals surface area contributed by atoms with Crippen LogP contribution in [0.4, 0.5) is 15.4 Å². The standard InChI is InChI=1S/C28H30N6O4S/c1-3-37-27(35)32-25-22(26-31-23-7-5-6-8-24(23)39-26)11-17(14-29-25)18-15-30-33(16-18)21-12-19-9-10-20(13-21)34(19)28(36)38-4-2/h5-8,11,14-16,19-21H,3-4,9-10,12-13H2,1-2H3,(H,29,32,35). The van der Waals surface area contributed by atoms with E-state index in [9.17, 15) is 9.59 Å². The van der Waals surface area contributed by atoms with Crippen LogP contribution in [0.3, 0.4) is 0 Å². The summed E-state index contributed by atoms with van der Waals surface area (Å²) >= 11 is 1.54. The van der Waals surface area contributed by atoms with Crippen LogP contribution in [0, 0.1) is 0 Å². The second-order valence-corrected chi connectivity index (χ2v) is 10.8. The summed E-state index contributed by atoms with van der Waals surface area (Å²) in [6.45, 7) is 4.25. The van der Waals surface area contributed by atoms with Gasteiger partial charge < -0.3 is 14.4 Å². The lowest BCUT2D eigenvalue weighted by molar-refractivity contribution is 0.0604. The Bertz CT molecular complexity index is 1470. The molecule has 2 atom stereocenters. The SMILES string of the molecule is CCOC(=O)Nc1ncc(-c2cnn(C3CC4CCC(C3)N4C(=O)OCC)c2)cc1-c1nc2ccccc2s1. The number of aromatic nitrogens is 4. The Morgan fingerprint density at radius 2 is 1.79 bits per heavy atom. The van der Waals surface area contributed by atoms with E-state index in [0.717, 1.165) is 57.6 Å². The minimum Gasteiger partial charge on any atom is -0.450 e. The molecule has 2 unspecified atom stereocenters. The highest BCUT2D eigenvalue weighted by atomic mass is 32.1. The zero-order valence-corrected chi connectivity index (χ0v) is 22.7. The van der Waals surface area contributed by atoms with Crippen LogP contribution in [0.15, 0.2) is 48.9 Å². The van der Waals surface area contributed by atoms with Crippen LogP contribution in [0.2, 0.25) is 0 Å². The predicted molar refractivity (Wildman–Crippen MR) is 149 cm³/mol. The van der Waals surface area contributed by atoms with Crippen molar-refractivity contribution in [3.63, 3.8) is 0 Å². The van der Waals surface area contributed by atoms with Gasteiger partial charge in [0.25, 0.3) is 0 Å². The molecule has 2 aliphatic heterocycles. The Hall–Kier alpha value is -3.99. The topological polar surface area (TPSA) is 111 Å². The fourth-order valence-electron chi connectivity index (χ4n) is 5.68. The summed E-state index contributed by atoms with van der Waals surface area (Å²) in [5, 5.41) is 8.22. The molecule has 202 valence electrons. The molecule has 4 aromatic rings. The van der Waals surface area contributed by atoms with Gasteiger partial charge in [-0.2, -0.15) is 5.10 Å². The first-order valence-electron chi connectivity index (χ1n) is 13.3. The Morgan fingerprint density at radius 1 is 1.03 bits per heavy atom. The van der Waals surface area contributed by atoms with Gasteiger partial charge in [0.2, 0.25) is 0 Å². The second kappa shape index (κ2) is 10.6. The van der Waals surface area contributed by atoms with E-state index in [1.54, 1.807) is 24.5 Å². The fourth-order valence-corrected chi connectivity index (χ4v) is 6.67. The highest BCUT2D eigenvalue weighted by Gasteiger charge is 2.44. The van der Waals surface area contributed by atoms with E-state index in [4.69, 9.17) is 19.6 Å². The smallest absolute Gasteiger partial charge is 0.412 e. The van der Waals surface area contributed by atoms with Gasteiger partial charge in [0, 0.05) is 35.6 Å². The average Bonchev–Trinajstić information content (AvgIpc) is 3.65. The number of ether oxygens (including phenoxy) is 2. The summed E-state index contributed by atoms with van der Waals surface area (Å²) in [4.78, 5) is 36.0. The molecule has 10 nitrogen and oxygen atoms in total. The average molecular weight is 547 g/mol. The number of benzene rings is 1. The van der Waals surface area contributed by atoms with E-state index in [0.29, 0.717) is 12.4 Å². The van der Waals surface area contributed by atoms with Crippen molar-refractivity contribution >= 4 is 39.6 Å². The summed E-state index contributed by atoms with van der Waals surface area (Å²) < 4.78 is 13.5. The van der Waals surface area contributed by atoms with Crippen LogP contribution in [-0.4, -0.2) is 62.1 Å².